The van der Waals surface area contributed by atoms with E-state index in [9.17, 15) is 9.59 Å². The number of hydrogen-bond donors (Lipinski definition) is 1. The Labute approximate surface area is 77.6 Å². The fourth-order valence-corrected chi connectivity index (χ4v) is 1.86. The van der Waals surface area contributed by atoms with E-state index in [1.54, 1.807) is 6.92 Å². The molecule has 0 aromatic carbocycles. The third kappa shape index (κ3) is 1.82. The molecule has 0 aromatic rings. The van der Waals surface area contributed by atoms with Crippen LogP contribution in [-0.2, 0) is 14.3 Å². The van der Waals surface area contributed by atoms with Gasteiger partial charge in [-0.2, -0.15) is 0 Å². The zero-order valence-electron chi connectivity index (χ0n) is 8.00. The molecule has 1 aliphatic rings. The summed E-state index contributed by atoms with van der Waals surface area (Å²) >= 11 is 0. The van der Waals surface area contributed by atoms with Gasteiger partial charge >= 0.3 is 5.97 Å². The summed E-state index contributed by atoms with van der Waals surface area (Å²) in [5.41, 5.74) is -0.725. The van der Waals surface area contributed by atoms with Gasteiger partial charge in [-0.15, -0.1) is 0 Å². The normalized spacial score (nSPS) is 31.7. The first-order valence-electron chi connectivity index (χ1n) is 4.53. The summed E-state index contributed by atoms with van der Waals surface area (Å²) in [7, 11) is 0. The Morgan fingerprint density at radius 3 is 2.69 bits per heavy atom. The minimum Gasteiger partial charge on any atom is -0.464 e. The number of esters is 1. The Morgan fingerprint density at radius 2 is 2.31 bits per heavy atom. The van der Waals surface area contributed by atoms with Crippen LogP contribution in [0.4, 0.5) is 0 Å². The second-order valence-electron chi connectivity index (χ2n) is 3.58. The van der Waals surface area contributed by atoms with E-state index >= 15 is 0 Å². The number of hydrogen-bond acceptors (Lipinski definition) is 3. The summed E-state index contributed by atoms with van der Waals surface area (Å²) < 4.78 is 4.89. The molecule has 0 spiro atoms. The van der Waals surface area contributed by atoms with E-state index in [0.717, 1.165) is 0 Å². The Kier molecular flexibility index (Phi) is 2.90. The van der Waals surface area contributed by atoms with Crippen molar-refractivity contribution in [2.75, 3.05) is 6.61 Å². The lowest BCUT2D eigenvalue weighted by Gasteiger charge is -2.43. The van der Waals surface area contributed by atoms with E-state index in [2.05, 4.69) is 5.32 Å². The molecule has 1 fully saturated rings. The summed E-state index contributed by atoms with van der Waals surface area (Å²) in [5.74, 6) is 0.178. The average molecular weight is 185 g/mol. The largest absolute Gasteiger partial charge is 0.464 e. The van der Waals surface area contributed by atoms with Crippen molar-refractivity contribution in [3.8, 4) is 0 Å². The van der Waals surface area contributed by atoms with Gasteiger partial charge < -0.3 is 10.1 Å². The minimum absolute atomic E-state index is 0.305. The van der Waals surface area contributed by atoms with E-state index in [1.165, 1.54) is 0 Å². The molecule has 1 amide bonds. The first-order chi connectivity index (χ1) is 6.14. The van der Waals surface area contributed by atoms with Crippen LogP contribution in [0, 0.1) is 5.92 Å². The van der Waals surface area contributed by atoms with Crippen LogP contribution in [0.2, 0.25) is 0 Å². The van der Waals surface area contributed by atoms with Crippen LogP contribution in [0.25, 0.3) is 0 Å². The number of rotatable bonds is 4. The van der Waals surface area contributed by atoms with Crippen LogP contribution in [0.1, 0.15) is 26.7 Å². The van der Waals surface area contributed by atoms with Crippen LogP contribution in [-0.4, -0.2) is 24.5 Å². The van der Waals surface area contributed by atoms with Gasteiger partial charge in [0.2, 0.25) is 6.41 Å². The summed E-state index contributed by atoms with van der Waals surface area (Å²) in [6, 6.07) is 0. The molecule has 4 heteroatoms. The predicted octanol–water partition coefficient (Wildman–Crippen LogP) is 0.464. The maximum Gasteiger partial charge on any atom is 0.331 e. The maximum absolute atomic E-state index is 11.4. The van der Waals surface area contributed by atoms with Crippen LogP contribution >= 0.6 is 0 Å². The Morgan fingerprint density at radius 1 is 1.69 bits per heavy atom. The number of carbonyl (C=O) groups is 2. The lowest BCUT2D eigenvalue weighted by molar-refractivity contribution is -0.158. The van der Waals surface area contributed by atoms with E-state index in [1.807, 2.05) is 6.92 Å². The lowest BCUT2D eigenvalue weighted by Crippen LogP contribution is -2.60. The molecule has 1 aliphatic carbocycles. The molecule has 1 N–H and O–H groups in total. The number of nitrogens with one attached hydrogen (secondary N) is 1. The van der Waals surface area contributed by atoms with Crippen molar-refractivity contribution in [3.63, 3.8) is 0 Å². The van der Waals surface area contributed by atoms with Crippen molar-refractivity contribution in [1.82, 2.24) is 5.32 Å². The van der Waals surface area contributed by atoms with Crippen LogP contribution < -0.4 is 5.32 Å². The minimum atomic E-state index is -0.725. The van der Waals surface area contributed by atoms with Gasteiger partial charge in [0.05, 0.1) is 6.61 Å². The molecule has 0 unspecified atom stereocenters. The highest BCUT2D eigenvalue weighted by Gasteiger charge is 2.49. The third-order valence-electron chi connectivity index (χ3n) is 2.40. The van der Waals surface area contributed by atoms with Crippen molar-refractivity contribution >= 4 is 12.4 Å². The Balaban J connectivity index is 2.58. The summed E-state index contributed by atoms with van der Waals surface area (Å²) in [6.45, 7) is 4.16. The first kappa shape index (κ1) is 10.0. The fraction of sp³-hybridized carbons (Fsp3) is 0.778. The van der Waals surface area contributed by atoms with E-state index in [4.69, 9.17) is 4.74 Å². The van der Waals surface area contributed by atoms with E-state index in [-0.39, 0.29) is 5.97 Å². The number of carbonyl (C=O) groups excluding carboxylic acids is 2. The molecule has 0 bridgehead atoms. The molecule has 0 heterocycles. The van der Waals surface area contributed by atoms with Crippen LogP contribution in [0.15, 0.2) is 0 Å². The molecule has 4 nitrogen and oxygen atoms in total. The monoisotopic (exact) mass is 185 g/mol. The van der Waals surface area contributed by atoms with Crippen molar-refractivity contribution in [2.24, 2.45) is 5.92 Å². The molecule has 1 rings (SSSR count). The predicted molar refractivity (Wildman–Crippen MR) is 47.0 cm³/mol. The van der Waals surface area contributed by atoms with Gasteiger partial charge in [0, 0.05) is 0 Å². The zero-order valence-corrected chi connectivity index (χ0v) is 8.00. The van der Waals surface area contributed by atoms with Gasteiger partial charge in [-0.3, -0.25) is 4.79 Å². The van der Waals surface area contributed by atoms with Gasteiger partial charge in [0.1, 0.15) is 5.54 Å². The highest BCUT2D eigenvalue weighted by molar-refractivity contribution is 5.84. The molecule has 0 atom stereocenters. The standard InChI is InChI=1S/C9H15NO3/c1-3-13-8(12)9(10-6-11)4-7(2)5-9/h6-7H,3-5H2,1-2H3,(H,10,11). The molecule has 0 aromatic heterocycles. The summed E-state index contributed by atoms with van der Waals surface area (Å²) in [4.78, 5) is 21.7. The Hall–Kier alpha value is -1.06. The van der Waals surface area contributed by atoms with Gasteiger partial charge in [0.15, 0.2) is 0 Å². The van der Waals surface area contributed by atoms with E-state index < -0.39 is 5.54 Å². The van der Waals surface area contributed by atoms with Gasteiger partial charge in [0.25, 0.3) is 0 Å². The van der Waals surface area contributed by atoms with Crippen LogP contribution in [0.3, 0.4) is 0 Å². The molecule has 0 radical (unpaired) electrons. The van der Waals surface area contributed by atoms with Crippen molar-refractivity contribution in [3.05, 3.63) is 0 Å². The zero-order chi connectivity index (χ0) is 9.90. The molecule has 74 valence electrons. The third-order valence-corrected chi connectivity index (χ3v) is 2.40. The summed E-state index contributed by atoms with van der Waals surface area (Å²) in [5, 5.41) is 2.56. The molecular formula is C9H15NO3. The molecule has 13 heavy (non-hydrogen) atoms. The maximum atomic E-state index is 11.4. The van der Waals surface area contributed by atoms with Gasteiger partial charge in [-0.1, -0.05) is 6.92 Å². The molecule has 0 aliphatic heterocycles. The average Bonchev–Trinajstić information content (AvgIpc) is 2.02. The second-order valence-corrected chi connectivity index (χ2v) is 3.58. The lowest BCUT2D eigenvalue weighted by atomic mass is 9.69. The van der Waals surface area contributed by atoms with Crippen molar-refractivity contribution in [2.45, 2.75) is 32.2 Å². The van der Waals surface area contributed by atoms with E-state index in [0.29, 0.717) is 31.8 Å². The van der Waals surface area contributed by atoms with Gasteiger partial charge in [-0.25, -0.2) is 4.79 Å². The summed E-state index contributed by atoms with van der Waals surface area (Å²) in [6.07, 6.45) is 1.94. The highest BCUT2D eigenvalue weighted by atomic mass is 16.5. The molecule has 1 saturated carbocycles. The fourth-order valence-electron chi connectivity index (χ4n) is 1.86. The van der Waals surface area contributed by atoms with Crippen molar-refractivity contribution in [1.29, 1.82) is 0 Å². The molecule has 0 saturated heterocycles. The molecular weight excluding hydrogens is 170 g/mol. The first-order valence-corrected chi connectivity index (χ1v) is 4.53. The SMILES string of the molecule is CCOC(=O)C1(NC=O)CC(C)C1. The smallest absolute Gasteiger partial charge is 0.331 e. The Bertz CT molecular complexity index is 209. The topological polar surface area (TPSA) is 55.4 Å². The van der Waals surface area contributed by atoms with Gasteiger partial charge in [-0.05, 0) is 25.7 Å². The van der Waals surface area contributed by atoms with Crippen molar-refractivity contribution < 1.29 is 14.3 Å². The second kappa shape index (κ2) is 3.77. The van der Waals surface area contributed by atoms with Crippen LogP contribution in [0.5, 0.6) is 0 Å². The highest BCUT2D eigenvalue weighted by Crippen LogP contribution is 2.38. The number of amides is 1. The number of ether oxygens (including phenoxy) is 1. The quantitative estimate of drug-likeness (QED) is 0.511.